The minimum absolute atomic E-state index is 0.189. The second-order valence-corrected chi connectivity index (χ2v) is 7.66. The van der Waals surface area contributed by atoms with Gasteiger partial charge >= 0.3 is 0 Å². The molecule has 0 bridgehead atoms. The minimum Gasteiger partial charge on any atom is -0.457 e. The van der Waals surface area contributed by atoms with Gasteiger partial charge in [-0.2, -0.15) is 0 Å². The van der Waals surface area contributed by atoms with Gasteiger partial charge in [0.15, 0.2) is 5.13 Å². The number of nitrogens with zero attached hydrogens (tertiary/aromatic N) is 1. The number of benzene rings is 3. The van der Waals surface area contributed by atoms with Crippen molar-refractivity contribution in [1.82, 2.24) is 4.98 Å². The molecule has 0 atom stereocenters. The number of rotatable bonds is 5. The predicted molar refractivity (Wildman–Crippen MR) is 112 cm³/mol. The summed E-state index contributed by atoms with van der Waals surface area (Å²) in [5.41, 5.74) is 1.44. The zero-order valence-electron chi connectivity index (χ0n) is 14.5. The monoisotopic (exact) mass is 392 g/mol. The molecular weight excluding hydrogens is 376 g/mol. The second-order valence-electron chi connectivity index (χ2n) is 5.75. The van der Waals surface area contributed by atoms with Crippen molar-refractivity contribution in [3.63, 3.8) is 0 Å². The van der Waals surface area contributed by atoms with Crippen LogP contribution >= 0.6 is 23.1 Å². The van der Waals surface area contributed by atoms with Crippen LogP contribution in [-0.2, 0) is 0 Å². The summed E-state index contributed by atoms with van der Waals surface area (Å²) in [6.07, 6.45) is 2.04. The van der Waals surface area contributed by atoms with Crippen molar-refractivity contribution in [3.8, 4) is 11.5 Å². The molecule has 0 aliphatic carbocycles. The summed E-state index contributed by atoms with van der Waals surface area (Å²) >= 11 is 3.16. The number of thiazole rings is 1. The molecule has 1 N–H and O–H groups in total. The van der Waals surface area contributed by atoms with Gasteiger partial charge in [-0.3, -0.25) is 10.1 Å². The van der Waals surface area contributed by atoms with Crippen molar-refractivity contribution in [2.45, 2.75) is 4.90 Å². The quantitative estimate of drug-likeness (QED) is 0.419. The molecule has 0 saturated carbocycles. The third-order valence-electron chi connectivity index (χ3n) is 3.91. The Morgan fingerprint density at radius 1 is 1.00 bits per heavy atom. The lowest BCUT2D eigenvalue weighted by molar-refractivity contribution is 0.102. The van der Waals surface area contributed by atoms with E-state index in [2.05, 4.69) is 16.4 Å². The average Bonchev–Trinajstić information content (AvgIpc) is 3.10. The zero-order valence-corrected chi connectivity index (χ0v) is 16.1. The highest BCUT2D eigenvalue weighted by Gasteiger charge is 2.11. The number of amides is 1. The van der Waals surface area contributed by atoms with Crippen LogP contribution in [0, 0.1) is 0 Å². The first-order valence-corrected chi connectivity index (χ1v) is 10.3. The van der Waals surface area contributed by atoms with Crippen LogP contribution in [0.25, 0.3) is 10.2 Å². The summed E-state index contributed by atoms with van der Waals surface area (Å²) in [6.45, 7) is 0. The lowest BCUT2D eigenvalue weighted by Crippen LogP contribution is -2.11. The molecule has 1 heterocycles. The molecule has 0 aliphatic heterocycles. The van der Waals surface area contributed by atoms with Gasteiger partial charge in [-0.15, -0.1) is 11.8 Å². The van der Waals surface area contributed by atoms with E-state index in [1.54, 1.807) is 36.0 Å². The zero-order chi connectivity index (χ0) is 18.6. The molecule has 1 amide bonds. The van der Waals surface area contributed by atoms with Crippen LogP contribution in [0.4, 0.5) is 5.13 Å². The van der Waals surface area contributed by atoms with Crippen molar-refractivity contribution in [2.24, 2.45) is 0 Å². The minimum atomic E-state index is -0.189. The normalized spacial score (nSPS) is 10.7. The van der Waals surface area contributed by atoms with Crippen molar-refractivity contribution < 1.29 is 9.53 Å². The fraction of sp³-hybridized carbons (Fsp3) is 0.0476. The van der Waals surface area contributed by atoms with E-state index >= 15 is 0 Å². The van der Waals surface area contributed by atoms with Crippen LogP contribution < -0.4 is 10.1 Å². The Morgan fingerprint density at radius 3 is 2.48 bits per heavy atom. The lowest BCUT2D eigenvalue weighted by Gasteiger charge is -2.06. The Morgan fingerprint density at radius 2 is 1.74 bits per heavy atom. The van der Waals surface area contributed by atoms with E-state index < -0.39 is 0 Å². The second kappa shape index (κ2) is 7.82. The van der Waals surface area contributed by atoms with Gasteiger partial charge in [0.25, 0.3) is 5.91 Å². The van der Waals surface area contributed by atoms with Crippen LogP contribution in [0.3, 0.4) is 0 Å². The van der Waals surface area contributed by atoms with Crippen LogP contribution in [0.1, 0.15) is 10.4 Å². The van der Waals surface area contributed by atoms with Gasteiger partial charge in [-0.1, -0.05) is 29.5 Å². The number of hydrogen-bond acceptors (Lipinski definition) is 5. The molecule has 0 saturated heterocycles. The fourth-order valence-electron chi connectivity index (χ4n) is 2.55. The van der Waals surface area contributed by atoms with Gasteiger partial charge in [-0.05, 0) is 60.9 Å². The van der Waals surface area contributed by atoms with E-state index in [1.807, 2.05) is 48.7 Å². The first-order valence-electron chi connectivity index (χ1n) is 8.30. The fourth-order valence-corrected chi connectivity index (χ4v) is 3.97. The molecule has 0 unspecified atom stereocenters. The summed E-state index contributed by atoms with van der Waals surface area (Å²) in [4.78, 5) is 18.2. The van der Waals surface area contributed by atoms with Crippen molar-refractivity contribution in [3.05, 3.63) is 78.4 Å². The molecule has 1 aromatic heterocycles. The molecule has 27 heavy (non-hydrogen) atoms. The number of carbonyl (C=O) groups excluding carboxylic acids is 1. The van der Waals surface area contributed by atoms with Gasteiger partial charge in [0.05, 0.1) is 10.2 Å². The van der Waals surface area contributed by atoms with Crippen molar-refractivity contribution >= 4 is 44.4 Å². The highest BCUT2D eigenvalue weighted by atomic mass is 32.2. The van der Waals surface area contributed by atoms with Gasteiger partial charge in [0, 0.05) is 10.5 Å². The molecular formula is C21H16N2O2S2. The first-order chi connectivity index (χ1) is 13.2. The summed E-state index contributed by atoms with van der Waals surface area (Å²) in [7, 11) is 0. The topological polar surface area (TPSA) is 51.2 Å². The van der Waals surface area contributed by atoms with Gasteiger partial charge in [-0.25, -0.2) is 4.98 Å². The SMILES string of the molecule is CSc1ccc2nc(NC(=O)c3ccc(Oc4ccccc4)cc3)sc2c1. The molecule has 4 rings (SSSR count). The van der Waals surface area contributed by atoms with E-state index in [9.17, 15) is 4.79 Å². The third kappa shape index (κ3) is 4.13. The Balaban J connectivity index is 1.46. The summed E-state index contributed by atoms with van der Waals surface area (Å²) in [5, 5.41) is 3.47. The number of hydrogen-bond donors (Lipinski definition) is 1. The molecule has 4 aromatic rings. The average molecular weight is 393 g/mol. The molecule has 6 heteroatoms. The molecule has 0 spiro atoms. The number of ether oxygens (including phenoxy) is 1. The summed E-state index contributed by atoms with van der Waals surface area (Å²) in [6, 6.07) is 22.7. The number of para-hydroxylation sites is 1. The maximum atomic E-state index is 12.5. The van der Waals surface area contributed by atoms with E-state index in [0.717, 1.165) is 16.0 Å². The summed E-state index contributed by atoms with van der Waals surface area (Å²) in [5.74, 6) is 1.25. The Hall–Kier alpha value is -2.83. The number of carbonyl (C=O) groups is 1. The Bertz CT molecular complexity index is 1080. The van der Waals surface area contributed by atoms with E-state index in [4.69, 9.17) is 4.74 Å². The maximum Gasteiger partial charge on any atom is 0.257 e. The number of aromatic nitrogens is 1. The predicted octanol–water partition coefficient (Wildman–Crippen LogP) is 6.06. The van der Waals surface area contributed by atoms with Crippen LogP contribution in [0.5, 0.6) is 11.5 Å². The summed E-state index contributed by atoms with van der Waals surface area (Å²) < 4.78 is 6.81. The maximum absolute atomic E-state index is 12.5. The first kappa shape index (κ1) is 17.6. The molecule has 134 valence electrons. The standard InChI is InChI=1S/C21H16N2O2S2/c1-26-17-11-12-18-19(13-17)27-21(22-18)23-20(24)14-7-9-16(10-8-14)25-15-5-3-2-4-6-15/h2-13H,1H3,(H,22,23,24). The van der Waals surface area contributed by atoms with Crippen LogP contribution in [0.2, 0.25) is 0 Å². The highest BCUT2D eigenvalue weighted by molar-refractivity contribution is 7.98. The van der Waals surface area contributed by atoms with E-state index in [1.165, 1.54) is 16.2 Å². The highest BCUT2D eigenvalue weighted by Crippen LogP contribution is 2.30. The molecule has 3 aromatic carbocycles. The number of anilines is 1. The number of fused-ring (bicyclic) bond motifs is 1. The largest absolute Gasteiger partial charge is 0.457 e. The number of thioether (sulfide) groups is 1. The van der Waals surface area contributed by atoms with Crippen LogP contribution in [0.15, 0.2) is 77.7 Å². The Labute approximate surface area is 165 Å². The Kier molecular flexibility index (Phi) is 5.09. The van der Waals surface area contributed by atoms with Gasteiger partial charge in [0.2, 0.25) is 0 Å². The van der Waals surface area contributed by atoms with Gasteiger partial charge in [0.1, 0.15) is 11.5 Å². The van der Waals surface area contributed by atoms with Crippen molar-refractivity contribution in [2.75, 3.05) is 11.6 Å². The molecule has 0 aliphatic rings. The van der Waals surface area contributed by atoms with Crippen LogP contribution in [-0.4, -0.2) is 17.1 Å². The van der Waals surface area contributed by atoms with E-state index in [-0.39, 0.29) is 5.91 Å². The smallest absolute Gasteiger partial charge is 0.257 e. The molecule has 0 fully saturated rings. The van der Waals surface area contributed by atoms with Gasteiger partial charge < -0.3 is 4.74 Å². The van der Waals surface area contributed by atoms with Crippen molar-refractivity contribution in [1.29, 1.82) is 0 Å². The third-order valence-corrected chi connectivity index (χ3v) is 5.57. The van der Waals surface area contributed by atoms with E-state index in [0.29, 0.717) is 16.4 Å². The number of nitrogens with one attached hydrogen (secondary N) is 1. The molecule has 4 nitrogen and oxygen atoms in total. The lowest BCUT2D eigenvalue weighted by atomic mass is 10.2. The molecule has 0 radical (unpaired) electrons.